The molecule has 0 spiro atoms. The number of carboxylic acid groups (broad SMARTS) is 1. The predicted octanol–water partition coefficient (Wildman–Crippen LogP) is -4.13. The Morgan fingerprint density at radius 2 is 1.95 bits per heavy atom. The van der Waals surface area contributed by atoms with Crippen LogP contribution in [0.3, 0.4) is 0 Å². The van der Waals surface area contributed by atoms with Crippen LogP contribution >= 0.6 is 0 Å². The van der Waals surface area contributed by atoms with Crippen molar-refractivity contribution in [2.24, 2.45) is 0 Å². The van der Waals surface area contributed by atoms with E-state index in [1.807, 2.05) is 0 Å². The summed E-state index contributed by atoms with van der Waals surface area (Å²) in [5, 5.41) is 23.7. The maximum atomic E-state index is 11.5. The fourth-order valence-electron chi connectivity index (χ4n) is 2.04. The number of aromatic carboxylic acids is 1. The number of rotatable bonds is 3. The van der Waals surface area contributed by atoms with E-state index >= 15 is 0 Å². The maximum Gasteiger partial charge on any atom is 1.00 e. The molecule has 0 fully saturated rings. The van der Waals surface area contributed by atoms with E-state index in [1.54, 1.807) is 0 Å². The maximum absolute atomic E-state index is 11.5. The van der Waals surface area contributed by atoms with Crippen molar-refractivity contribution in [3.63, 3.8) is 0 Å². The quantitative estimate of drug-likeness (QED) is 0.474. The van der Waals surface area contributed by atoms with E-state index in [-0.39, 0.29) is 40.8 Å². The molecule has 2 N–H and O–H groups in total. The fourth-order valence-corrected chi connectivity index (χ4v) is 2.04. The molecule has 0 aliphatic carbocycles. The molecule has 9 heteroatoms. The molecule has 22 heavy (non-hydrogen) atoms. The van der Waals surface area contributed by atoms with Gasteiger partial charge >= 0.3 is 35.2 Å². The van der Waals surface area contributed by atoms with Crippen LogP contribution in [0.5, 0.6) is 0 Å². The van der Waals surface area contributed by atoms with Crippen LogP contribution in [0.2, 0.25) is 0 Å². The Bertz CT molecular complexity index is 872. The minimum absolute atomic E-state index is 0. The van der Waals surface area contributed by atoms with Gasteiger partial charge in [-0.3, -0.25) is 5.10 Å². The summed E-state index contributed by atoms with van der Waals surface area (Å²) in [6, 6.07) is 5.62. The van der Waals surface area contributed by atoms with Crippen LogP contribution in [-0.2, 0) is 0 Å². The normalized spacial score (nSPS) is 11.9. The van der Waals surface area contributed by atoms with Crippen molar-refractivity contribution in [2.45, 2.75) is 6.10 Å². The Labute approximate surface area is 145 Å². The molecule has 3 rings (SSSR count). The van der Waals surface area contributed by atoms with Crippen LogP contribution < -0.4 is 40.4 Å². The second kappa shape index (κ2) is 6.41. The van der Waals surface area contributed by atoms with Gasteiger partial charge in [-0.05, 0) is 11.1 Å². The van der Waals surface area contributed by atoms with E-state index in [0.29, 0.717) is 11.1 Å². The summed E-state index contributed by atoms with van der Waals surface area (Å²) in [5.74, 6) is -1.29. The third-order valence-electron chi connectivity index (χ3n) is 3.12. The number of hydrogen-bond acceptors (Lipinski definition) is 6. The minimum atomic E-state index is -1.29. The Morgan fingerprint density at radius 1 is 1.27 bits per heavy atom. The Hall–Kier alpha value is -2.00. The van der Waals surface area contributed by atoms with Gasteiger partial charge in [0.25, 0.3) is 0 Å². The minimum Gasteiger partial charge on any atom is -0.545 e. The molecule has 0 bridgehead atoms. The second-order valence-corrected chi connectivity index (χ2v) is 4.36. The van der Waals surface area contributed by atoms with Gasteiger partial charge in [-0.15, -0.1) is 0 Å². The van der Waals surface area contributed by atoms with E-state index in [2.05, 4.69) is 15.1 Å². The first-order valence-electron chi connectivity index (χ1n) is 5.98. The number of aromatic nitrogens is 4. The Balaban J connectivity index is 0.00000176. The number of carboxylic acids is 1. The molecule has 2 heterocycles. The van der Waals surface area contributed by atoms with Gasteiger partial charge in [0.1, 0.15) is 12.4 Å². The van der Waals surface area contributed by atoms with Gasteiger partial charge < -0.3 is 15.0 Å². The zero-order valence-electron chi connectivity index (χ0n) is 11.6. The van der Waals surface area contributed by atoms with Gasteiger partial charge in [-0.2, -0.15) is 9.50 Å². The average Bonchev–Trinajstić information content (AvgIpc) is 2.92. The molecule has 1 unspecified atom stereocenters. The molecule has 0 aliphatic heterocycles. The molecular formula is C13H9N4NaO4. The number of nitrogens with zero attached hydrogens (tertiary/aromatic N) is 3. The third-order valence-corrected chi connectivity index (χ3v) is 3.12. The number of carbonyl (C=O) groups is 1. The number of fused-ring (bicyclic) bond motifs is 1. The van der Waals surface area contributed by atoms with Crippen molar-refractivity contribution in [3.05, 3.63) is 64.0 Å². The molecule has 0 amide bonds. The average molecular weight is 308 g/mol. The number of aliphatic hydroxyl groups excluding tert-OH is 1. The Kier molecular flexibility index (Phi) is 4.77. The number of aliphatic hydroxyl groups is 1. The number of carbonyl (C=O) groups excluding carboxylic acids is 1. The van der Waals surface area contributed by atoms with Crippen molar-refractivity contribution >= 4 is 11.6 Å². The van der Waals surface area contributed by atoms with Crippen LogP contribution in [0.15, 0.2) is 41.6 Å². The zero-order valence-corrected chi connectivity index (χ0v) is 13.6. The number of H-pyrrole nitrogens is 1. The molecular weight excluding hydrogens is 299 g/mol. The standard InChI is InChI=1S/C13H10N4O4.Na/c18-10(7-1-3-8(4-2-7)12(19)20)9-5-16-17-11(9)14-6-15-13(17)21;/h1-6,10,16,18H,(H,19,20);/q;+1/p-1. The Morgan fingerprint density at radius 3 is 2.59 bits per heavy atom. The summed E-state index contributed by atoms with van der Waals surface area (Å²) in [5.41, 5.74) is 0.587. The van der Waals surface area contributed by atoms with Crippen molar-refractivity contribution in [2.75, 3.05) is 0 Å². The van der Waals surface area contributed by atoms with Gasteiger partial charge in [-0.25, -0.2) is 9.78 Å². The predicted molar refractivity (Wildman–Crippen MR) is 68.4 cm³/mol. The molecule has 8 nitrogen and oxygen atoms in total. The molecule has 106 valence electrons. The van der Waals surface area contributed by atoms with Crippen LogP contribution in [0.1, 0.15) is 27.6 Å². The van der Waals surface area contributed by atoms with Gasteiger partial charge in [0, 0.05) is 11.8 Å². The van der Waals surface area contributed by atoms with E-state index in [9.17, 15) is 19.8 Å². The second-order valence-electron chi connectivity index (χ2n) is 4.36. The van der Waals surface area contributed by atoms with Crippen LogP contribution in [0, 0.1) is 0 Å². The largest absolute Gasteiger partial charge is 1.00 e. The first kappa shape index (κ1) is 16.4. The van der Waals surface area contributed by atoms with Crippen molar-refractivity contribution in [3.8, 4) is 0 Å². The SMILES string of the molecule is O=C([O-])c1ccc(C(O)c2c[nH]n3c(=O)ncnc23)cc1.[Na+]. The number of nitrogens with one attached hydrogen (secondary N) is 1. The summed E-state index contributed by atoms with van der Waals surface area (Å²) in [6.07, 6.45) is 1.50. The van der Waals surface area contributed by atoms with Crippen molar-refractivity contribution < 1.29 is 44.6 Å². The monoisotopic (exact) mass is 308 g/mol. The smallest absolute Gasteiger partial charge is 0.545 e. The molecule has 1 aromatic carbocycles. The van der Waals surface area contributed by atoms with E-state index in [4.69, 9.17) is 0 Å². The number of benzene rings is 1. The van der Waals surface area contributed by atoms with Gasteiger partial charge in [0.15, 0.2) is 5.65 Å². The molecule has 0 saturated heterocycles. The van der Waals surface area contributed by atoms with Crippen LogP contribution in [0.4, 0.5) is 0 Å². The zero-order chi connectivity index (χ0) is 15.0. The van der Waals surface area contributed by atoms with Crippen LogP contribution in [0.25, 0.3) is 5.65 Å². The summed E-state index contributed by atoms with van der Waals surface area (Å²) < 4.78 is 1.11. The molecule has 3 aromatic rings. The number of hydrogen-bond donors (Lipinski definition) is 2. The van der Waals surface area contributed by atoms with E-state index in [0.717, 1.165) is 10.8 Å². The van der Waals surface area contributed by atoms with Gasteiger partial charge in [-0.1, -0.05) is 24.3 Å². The first-order valence-corrected chi connectivity index (χ1v) is 5.98. The summed E-state index contributed by atoms with van der Waals surface area (Å²) in [6.45, 7) is 0. The summed E-state index contributed by atoms with van der Waals surface area (Å²) in [4.78, 5) is 29.6. The fraction of sp³-hybridized carbons (Fsp3) is 0.0769. The van der Waals surface area contributed by atoms with E-state index < -0.39 is 17.8 Å². The molecule has 0 saturated carbocycles. The van der Waals surface area contributed by atoms with Gasteiger partial charge in [0.2, 0.25) is 0 Å². The summed E-state index contributed by atoms with van der Waals surface area (Å²) >= 11 is 0. The molecule has 0 radical (unpaired) electrons. The van der Waals surface area contributed by atoms with E-state index in [1.165, 1.54) is 30.5 Å². The third kappa shape index (κ3) is 2.81. The van der Waals surface area contributed by atoms with Crippen molar-refractivity contribution in [1.29, 1.82) is 0 Å². The topological polar surface area (TPSA) is 123 Å². The van der Waals surface area contributed by atoms with Crippen LogP contribution in [-0.4, -0.2) is 30.7 Å². The molecule has 0 aliphatic rings. The van der Waals surface area contributed by atoms with Gasteiger partial charge in [0.05, 0.1) is 5.97 Å². The van der Waals surface area contributed by atoms with Crippen molar-refractivity contribution in [1.82, 2.24) is 19.6 Å². The number of aromatic amines is 1. The molecule has 1 atom stereocenters. The summed E-state index contributed by atoms with van der Waals surface area (Å²) in [7, 11) is 0. The molecule has 2 aromatic heterocycles. The first-order chi connectivity index (χ1) is 10.1.